The van der Waals surface area contributed by atoms with Gasteiger partial charge in [-0.1, -0.05) is 26.0 Å². The summed E-state index contributed by atoms with van der Waals surface area (Å²) in [6, 6.07) is 8.03. The normalized spacial score (nSPS) is 14.0. The van der Waals surface area contributed by atoms with Crippen LogP contribution < -0.4 is 10.1 Å². The molecule has 0 aliphatic heterocycles. The average Bonchev–Trinajstić information content (AvgIpc) is 2.46. The first-order valence-corrected chi connectivity index (χ1v) is 8.64. The predicted molar refractivity (Wildman–Crippen MR) is 87.7 cm³/mol. The average molecular weight is 297 g/mol. The standard InChI is InChI=1S/C16H27NO2S/c1-4-14-5-7-16(8-6-14)19-11-15(18)10-17-9-13(2)12-20-3/h5-8,13,15,17-18H,4,9-12H2,1-3H3. The Hall–Kier alpha value is -0.710. The van der Waals surface area contributed by atoms with Crippen molar-refractivity contribution in [1.29, 1.82) is 0 Å². The first-order chi connectivity index (χ1) is 9.65. The van der Waals surface area contributed by atoms with E-state index in [1.54, 1.807) is 0 Å². The van der Waals surface area contributed by atoms with Crippen LogP contribution >= 0.6 is 11.8 Å². The molecule has 2 atom stereocenters. The first-order valence-electron chi connectivity index (χ1n) is 7.25. The summed E-state index contributed by atoms with van der Waals surface area (Å²) < 4.78 is 5.58. The number of thioether (sulfide) groups is 1. The molecule has 2 unspecified atom stereocenters. The SMILES string of the molecule is CCc1ccc(OCC(O)CNCC(C)CSC)cc1. The molecule has 0 aliphatic rings. The summed E-state index contributed by atoms with van der Waals surface area (Å²) in [6.07, 6.45) is 2.67. The second-order valence-electron chi connectivity index (χ2n) is 5.18. The molecule has 0 aromatic heterocycles. The summed E-state index contributed by atoms with van der Waals surface area (Å²) in [5, 5.41) is 13.1. The van der Waals surface area contributed by atoms with Crippen LogP contribution in [0.3, 0.4) is 0 Å². The predicted octanol–water partition coefficient (Wildman–Crippen LogP) is 2.58. The van der Waals surface area contributed by atoms with Gasteiger partial charge >= 0.3 is 0 Å². The number of hydrogen-bond donors (Lipinski definition) is 2. The number of benzene rings is 1. The number of hydrogen-bond acceptors (Lipinski definition) is 4. The number of rotatable bonds is 10. The minimum absolute atomic E-state index is 0.329. The van der Waals surface area contributed by atoms with Crippen LogP contribution in [0.1, 0.15) is 19.4 Å². The summed E-state index contributed by atoms with van der Waals surface area (Å²) in [4.78, 5) is 0. The van der Waals surface area contributed by atoms with E-state index in [2.05, 4.69) is 37.6 Å². The number of aliphatic hydroxyl groups is 1. The molecule has 0 bridgehead atoms. The van der Waals surface area contributed by atoms with Crippen molar-refractivity contribution in [2.45, 2.75) is 26.4 Å². The van der Waals surface area contributed by atoms with Gasteiger partial charge in [-0.15, -0.1) is 0 Å². The molecule has 0 heterocycles. The van der Waals surface area contributed by atoms with Crippen LogP contribution in [0, 0.1) is 5.92 Å². The zero-order chi connectivity index (χ0) is 14.8. The molecule has 0 spiro atoms. The van der Waals surface area contributed by atoms with E-state index in [0.717, 1.165) is 24.5 Å². The van der Waals surface area contributed by atoms with Crippen molar-refractivity contribution in [1.82, 2.24) is 5.32 Å². The van der Waals surface area contributed by atoms with Crippen LogP contribution in [0.4, 0.5) is 0 Å². The van der Waals surface area contributed by atoms with Gasteiger partial charge in [0.1, 0.15) is 18.5 Å². The van der Waals surface area contributed by atoms with E-state index in [0.29, 0.717) is 19.1 Å². The summed E-state index contributed by atoms with van der Waals surface area (Å²) >= 11 is 1.85. The highest BCUT2D eigenvalue weighted by atomic mass is 32.2. The fraction of sp³-hybridized carbons (Fsp3) is 0.625. The van der Waals surface area contributed by atoms with E-state index in [4.69, 9.17) is 4.74 Å². The molecule has 0 saturated carbocycles. The minimum atomic E-state index is -0.470. The van der Waals surface area contributed by atoms with E-state index in [1.165, 1.54) is 5.56 Å². The Kier molecular flexibility index (Phi) is 8.74. The van der Waals surface area contributed by atoms with Gasteiger partial charge in [-0.2, -0.15) is 11.8 Å². The van der Waals surface area contributed by atoms with Crippen molar-refractivity contribution in [3.63, 3.8) is 0 Å². The third kappa shape index (κ3) is 7.17. The van der Waals surface area contributed by atoms with Gasteiger partial charge in [-0.3, -0.25) is 0 Å². The molecular weight excluding hydrogens is 270 g/mol. The molecule has 114 valence electrons. The second-order valence-corrected chi connectivity index (χ2v) is 6.09. The maximum atomic E-state index is 9.86. The Balaban J connectivity index is 2.17. The molecule has 0 radical (unpaired) electrons. The number of nitrogens with one attached hydrogen (secondary N) is 1. The van der Waals surface area contributed by atoms with Crippen LogP contribution in [0.2, 0.25) is 0 Å². The van der Waals surface area contributed by atoms with Gasteiger partial charge in [0.15, 0.2) is 0 Å². The maximum absolute atomic E-state index is 9.86. The smallest absolute Gasteiger partial charge is 0.119 e. The molecule has 0 aliphatic carbocycles. The highest BCUT2D eigenvalue weighted by Gasteiger charge is 2.06. The van der Waals surface area contributed by atoms with Crippen molar-refractivity contribution in [3.05, 3.63) is 29.8 Å². The molecule has 1 rings (SSSR count). The summed E-state index contributed by atoms with van der Waals surface area (Å²) in [6.45, 7) is 6.18. The highest BCUT2D eigenvalue weighted by molar-refractivity contribution is 7.98. The Labute approximate surface area is 127 Å². The van der Waals surface area contributed by atoms with E-state index in [9.17, 15) is 5.11 Å². The van der Waals surface area contributed by atoms with Gasteiger partial charge in [-0.25, -0.2) is 0 Å². The lowest BCUT2D eigenvalue weighted by molar-refractivity contribution is 0.106. The van der Waals surface area contributed by atoms with Gasteiger partial charge in [0, 0.05) is 6.54 Å². The lowest BCUT2D eigenvalue weighted by atomic mass is 10.2. The third-order valence-electron chi connectivity index (χ3n) is 3.10. The number of aryl methyl sites for hydroxylation is 1. The van der Waals surface area contributed by atoms with Crippen LogP contribution in [0.5, 0.6) is 5.75 Å². The van der Waals surface area contributed by atoms with Crippen molar-refractivity contribution in [3.8, 4) is 5.75 Å². The quantitative estimate of drug-likeness (QED) is 0.696. The van der Waals surface area contributed by atoms with Crippen molar-refractivity contribution in [2.75, 3.05) is 31.7 Å². The molecule has 4 heteroatoms. The van der Waals surface area contributed by atoms with Gasteiger partial charge in [-0.05, 0) is 48.6 Å². The molecule has 1 aromatic rings. The van der Waals surface area contributed by atoms with Crippen LogP contribution in [-0.2, 0) is 6.42 Å². The third-order valence-corrected chi connectivity index (χ3v) is 4.00. The Morgan fingerprint density at radius 1 is 1.25 bits per heavy atom. The van der Waals surface area contributed by atoms with Crippen LogP contribution in [0.25, 0.3) is 0 Å². The Bertz CT molecular complexity index is 356. The zero-order valence-corrected chi connectivity index (χ0v) is 13.6. The summed E-state index contributed by atoms with van der Waals surface area (Å²) in [7, 11) is 0. The van der Waals surface area contributed by atoms with E-state index < -0.39 is 6.10 Å². The van der Waals surface area contributed by atoms with Gasteiger partial charge < -0.3 is 15.2 Å². The molecule has 0 fully saturated rings. The van der Waals surface area contributed by atoms with E-state index in [-0.39, 0.29) is 0 Å². The van der Waals surface area contributed by atoms with Gasteiger partial charge in [0.05, 0.1) is 0 Å². The molecule has 20 heavy (non-hydrogen) atoms. The highest BCUT2D eigenvalue weighted by Crippen LogP contribution is 2.12. The Morgan fingerprint density at radius 3 is 2.55 bits per heavy atom. The fourth-order valence-corrected chi connectivity index (χ4v) is 2.60. The molecule has 0 amide bonds. The van der Waals surface area contributed by atoms with E-state index >= 15 is 0 Å². The second kappa shape index (κ2) is 10.1. The molecule has 0 saturated heterocycles. The zero-order valence-electron chi connectivity index (χ0n) is 12.8. The summed E-state index contributed by atoms with van der Waals surface area (Å²) in [5.74, 6) is 2.58. The Morgan fingerprint density at radius 2 is 1.95 bits per heavy atom. The van der Waals surface area contributed by atoms with Crippen molar-refractivity contribution in [2.24, 2.45) is 5.92 Å². The molecule has 1 aromatic carbocycles. The van der Waals surface area contributed by atoms with Gasteiger partial charge in [0.2, 0.25) is 0 Å². The lowest BCUT2D eigenvalue weighted by Gasteiger charge is -2.15. The fourth-order valence-electron chi connectivity index (χ4n) is 1.91. The van der Waals surface area contributed by atoms with Crippen molar-refractivity contribution < 1.29 is 9.84 Å². The number of ether oxygens (including phenoxy) is 1. The van der Waals surface area contributed by atoms with Crippen LogP contribution in [-0.4, -0.2) is 42.9 Å². The lowest BCUT2D eigenvalue weighted by Crippen LogP contribution is -2.34. The summed E-state index contributed by atoms with van der Waals surface area (Å²) in [5.41, 5.74) is 1.29. The van der Waals surface area contributed by atoms with Crippen LogP contribution in [0.15, 0.2) is 24.3 Å². The minimum Gasteiger partial charge on any atom is -0.491 e. The first kappa shape index (κ1) is 17.3. The molecule has 2 N–H and O–H groups in total. The van der Waals surface area contributed by atoms with Gasteiger partial charge in [0.25, 0.3) is 0 Å². The molecule has 3 nitrogen and oxygen atoms in total. The van der Waals surface area contributed by atoms with E-state index in [1.807, 2.05) is 23.9 Å². The number of aliphatic hydroxyl groups excluding tert-OH is 1. The largest absolute Gasteiger partial charge is 0.491 e. The molecular formula is C16H27NO2S. The van der Waals surface area contributed by atoms with Crippen molar-refractivity contribution >= 4 is 11.8 Å². The monoisotopic (exact) mass is 297 g/mol. The topological polar surface area (TPSA) is 41.5 Å². The maximum Gasteiger partial charge on any atom is 0.119 e.